The molecule has 2 aromatic rings. The summed E-state index contributed by atoms with van der Waals surface area (Å²) >= 11 is 12.0. The first-order valence-corrected chi connectivity index (χ1v) is 6.50. The van der Waals surface area contributed by atoms with Crippen LogP contribution in [0.4, 0.5) is 0 Å². The molecule has 5 heteroatoms. The summed E-state index contributed by atoms with van der Waals surface area (Å²) in [5.41, 5.74) is 7.76. The molecule has 1 heterocycles. The van der Waals surface area contributed by atoms with Crippen LogP contribution in [0.1, 0.15) is 25.7 Å². The van der Waals surface area contributed by atoms with Crippen LogP contribution in [0.3, 0.4) is 0 Å². The molecule has 0 aliphatic carbocycles. The van der Waals surface area contributed by atoms with E-state index in [1.807, 2.05) is 6.07 Å². The van der Waals surface area contributed by atoms with E-state index in [9.17, 15) is 0 Å². The number of nitrogens with zero attached hydrogens (tertiary/aromatic N) is 1. The second-order valence-electron chi connectivity index (χ2n) is 4.58. The molecule has 3 nitrogen and oxygen atoms in total. The van der Waals surface area contributed by atoms with E-state index in [1.54, 1.807) is 18.3 Å². The molecule has 1 unspecified atom stereocenters. The summed E-state index contributed by atoms with van der Waals surface area (Å²) in [6.07, 6.45) is 1.74. The van der Waals surface area contributed by atoms with Gasteiger partial charge in [0.2, 0.25) is 0 Å². The van der Waals surface area contributed by atoms with Crippen molar-refractivity contribution in [3.8, 4) is 11.3 Å². The second kappa shape index (κ2) is 5.31. The fourth-order valence-corrected chi connectivity index (χ4v) is 2.18. The number of nitrogens with one attached hydrogen (secondary N) is 1. The average molecular weight is 284 g/mol. The maximum Gasteiger partial charge on any atom is 0.123 e. The SMILES string of the molecule is CC(C)C(N)c1ncc(-c2ccc(Cl)cc2Cl)[nH]1. The Morgan fingerprint density at radius 2 is 2.00 bits per heavy atom. The highest BCUT2D eigenvalue weighted by atomic mass is 35.5. The van der Waals surface area contributed by atoms with Crippen LogP contribution in [0.15, 0.2) is 24.4 Å². The molecular formula is C13H15Cl2N3. The number of H-pyrrole nitrogens is 1. The van der Waals surface area contributed by atoms with Crippen LogP contribution < -0.4 is 5.73 Å². The van der Waals surface area contributed by atoms with E-state index in [0.29, 0.717) is 16.0 Å². The van der Waals surface area contributed by atoms with Crippen molar-refractivity contribution >= 4 is 23.2 Å². The van der Waals surface area contributed by atoms with Crippen molar-refractivity contribution in [3.05, 3.63) is 40.3 Å². The molecule has 0 fully saturated rings. The van der Waals surface area contributed by atoms with E-state index in [2.05, 4.69) is 23.8 Å². The Bertz CT molecular complexity index is 549. The number of halogens is 2. The van der Waals surface area contributed by atoms with Crippen LogP contribution in [0, 0.1) is 5.92 Å². The van der Waals surface area contributed by atoms with Gasteiger partial charge in [-0.3, -0.25) is 0 Å². The summed E-state index contributed by atoms with van der Waals surface area (Å²) in [5.74, 6) is 1.09. The molecule has 2 rings (SSSR count). The van der Waals surface area contributed by atoms with E-state index < -0.39 is 0 Å². The molecule has 0 saturated carbocycles. The number of hydrogen-bond donors (Lipinski definition) is 2. The number of imidazole rings is 1. The van der Waals surface area contributed by atoms with E-state index in [0.717, 1.165) is 17.1 Å². The zero-order chi connectivity index (χ0) is 13.3. The molecule has 1 aromatic heterocycles. The Balaban J connectivity index is 2.35. The molecule has 96 valence electrons. The van der Waals surface area contributed by atoms with Crippen molar-refractivity contribution < 1.29 is 0 Å². The van der Waals surface area contributed by atoms with Crippen LogP contribution >= 0.6 is 23.2 Å². The van der Waals surface area contributed by atoms with Crippen molar-refractivity contribution in [3.63, 3.8) is 0 Å². The van der Waals surface area contributed by atoms with Crippen molar-refractivity contribution in [2.75, 3.05) is 0 Å². The largest absolute Gasteiger partial charge is 0.341 e. The lowest BCUT2D eigenvalue weighted by molar-refractivity contribution is 0.494. The monoisotopic (exact) mass is 283 g/mol. The Morgan fingerprint density at radius 3 is 2.61 bits per heavy atom. The molecule has 1 aromatic carbocycles. The predicted molar refractivity (Wildman–Crippen MR) is 75.8 cm³/mol. The first-order valence-electron chi connectivity index (χ1n) is 5.75. The molecule has 0 saturated heterocycles. The third kappa shape index (κ3) is 2.69. The smallest absolute Gasteiger partial charge is 0.123 e. The Labute approximate surface area is 116 Å². The minimum absolute atomic E-state index is 0.107. The van der Waals surface area contributed by atoms with Gasteiger partial charge < -0.3 is 10.7 Å². The zero-order valence-corrected chi connectivity index (χ0v) is 11.8. The van der Waals surface area contributed by atoms with Gasteiger partial charge in [0.1, 0.15) is 5.82 Å². The Kier molecular flexibility index (Phi) is 3.95. The third-order valence-electron chi connectivity index (χ3n) is 2.85. The van der Waals surface area contributed by atoms with Gasteiger partial charge in [-0.1, -0.05) is 37.0 Å². The topological polar surface area (TPSA) is 54.7 Å². The van der Waals surface area contributed by atoms with Crippen molar-refractivity contribution in [1.82, 2.24) is 9.97 Å². The highest BCUT2D eigenvalue weighted by molar-refractivity contribution is 6.36. The van der Waals surface area contributed by atoms with Gasteiger partial charge in [0.25, 0.3) is 0 Å². The first-order chi connectivity index (χ1) is 8.49. The lowest BCUT2D eigenvalue weighted by Gasteiger charge is -2.12. The average Bonchev–Trinajstić information content (AvgIpc) is 2.77. The lowest BCUT2D eigenvalue weighted by Crippen LogP contribution is -2.18. The van der Waals surface area contributed by atoms with Gasteiger partial charge in [-0.25, -0.2) is 4.98 Å². The van der Waals surface area contributed by atoms with Gasteiger partial charge >= 0.3 is 0 Å². The second-order valence-corrected chi connectivity index (χ2v) is 5.42. The minimum atomic E-state index is -0.107. The fourth-order valence-electron chi connectivity index (χ4n) is 1.67. The zero-order valence-electron chi connectivity index (χ0n) is 10.2. The standard InChI is InChI=1S/C13H15Cl2N3/c1-7(2)12(16)13-17-6-11(18-13)9-4-3-8(14)5-10(9)15/h3-7,12H,16H2,1-2H3,(H,17,18). The molecule has 1 atom stereocenters. The van der Waals surface area contributed by atoms with E-state index in [1.165, 1.54) is 0 Å². The predicted octanol–water partition coefficient (Wildman–Crippen LogP) is 4.04. The number of aromatic amines is 1. The number of hydrogen-bond acceptors (Lipinski definition) is 2. The molecule has 0 aliphatic heterocycles. The van der Waals surface area contributed by atoms with E-state index >= 15 is 0 Å². The highest BCUT2D eigenvalue weighted by Gasteiger charge is 2.15. The molecule has 0 amide bonds. The summed E-state index contributed by atoms with van der Waals surface area (Å²) < 4.78 is 0. The number of benzene rings is 1. The van der Waals surface area contributed by atoms with Crippen molar-refractivity contribution in [1.29, 1.82) is 0 Å². The molecule has 3 N–H and O–H groups in total. The van der Waals surface area contributed by atoms with Gasteiger partial charge in [0, 0.05) is 10.6 Å². The van der Waals surface area contributed by atoms with Gasteiger partial charge in [-0.05, 0) is 24.1 Å². The molecule has 18 heavy (non-hydrogen) atoms. The molecule has 0 aliphatic rings. The van der Waals surface area contributed by atoms with Gasteiger partial charge in [-0.2, -0.15) is 0 Å². The number of rotatable bonds is 3. The Morgan fingerprint density at radius 1 is 1.28 bits per heavy atom. The molecular weight excluding hydrogens is 269 g/mol. The lowest BCUT2D eigenvalue weighted by atomic mass is 10.1. The third-order valence-corrected chi connectivity index (χ3v) is 3.40. The maximum atomic E-state index is 6.15. The summed E-state index contributed by atoms with van der Waals surface area (Å²) in [5, 5.41) is 1.21. The van der Waals surface area contributed by atoms with Gasteiger partial charge in [0.05, 0.1) is 23.0 Å². The molecule has 0 spiro atoms. The van der Waals surface area contributed by atoms with E-state index in [4.69, 9.17) is 28.9 Å². The normalized spacial score (nSPS) is 13.0. The maximum absolute atomic E-state index is 6.15. The first kappa shape index (κ1) is 13.4. The van der Waals surface area contributed by atoms with Crippen LogP contribution in [0.5, 0.6) is 0 Å². The highest BCUT2D eigenvalue weighted by Crippen LogP contribution is 2.30. The van der Waals surface area contributed by atoms with E-state index in [-0.39, 0.29) is 6.04 Å². The summed E-state index contributed by atoms with van der Waals surface area (Å²) in [7, 11) is 0. The van der Waals surface area contributed by atoms with Crippen LogP contribution in [0.25, 0.3) is 11.3 Å². The quantitative estimate of drug-likeness (QED) is 0.893. The van der Waals surface area contributed by atoms with Crippen molar-refractivity contribution in [2.45, 2.75) is 19.9 Å². The minimum Gasteiger partial charge on any atom is -0.341 e. The summed E-state index contributed by atoms with van der Waals surface area (Å²) in [6.45, 7) is 4.12. The molecule has 0 radical (unpaired) electrons. The van der Waals surface area contributed by atoms with Crippen molar-refractivity contribution in [2.24, 2.45) is 11.7 Å². The number of aromatic nitrogens is 2. The molecule has 0 bridgehead atoms. The van der Waals surface area contributed by atoms with Crippen LogP contribution in [-0.2, 0) is 0 Å². The fraction of sp³-hybridized carbons (Fsp3) is 0.308. The summed E-state index contributed by atoms with van der Waals surface area (Å²) in [6, 6.07) is 5.26. The van der Waals surface area contributed by atoms with Crippen LogP contribution in [-0.4, -0.2) is 9.97 Å². The Hall–Kier alpha value is -1.03. The van der Waals surface area contributed by atoms with Crippen LogP contribution in [0.2, 0.25) is 10.0 Å². The summed E-state index contributed by atoms with van der Waals surface area (Å²) in [4.78, 5) is 7.51. The van der Waals surface area contributed by atoms with Gasteiger partial charge in [-0.15, -0.1) is 0 Å². The van der Waals surface area contributed by atoms with Gasteiger partial charge in [0.15, 0.2) is 0 Å². The number of nitrogens with two attached hydrogens (primary N) is 1.